The Morgan fingerprint density at radius 3 is 2.21 bits per heavy atom. The summed E-state index contributed by atoms with van der Waals surface area (Å²) < 4.78 is 16.0. The molecule has 4 aromatic heterocycles. The highest BCUT2D eigenvalue weighted by Crippen LogP contribution is 2.23. The van der Waals surface area contributed by atoms with E-state index in [-0.39, 0.29) is 11.4 Å². The van der Waals surface area contributed by atoms with Gasteiger partial charge in [-0.2, -0.15) is 5.10 Å². The van der Waals surface area contributed by atoms with Crippen LogP contribution in [-0.2, 0) is 0 Å². The van der Waals surface area contributed by atoms with Crippen LogP contribution in [0.4, 0.5) is 10.1 Å². The van der Waals surface area contributed by atoms with Gasteiger partial charge in [0.05, 0.1) is 41.2 Å². The number of nitrogens with one attached hydrogen (secondary N) is 2. The lowest BCUT2D eigenvalue weighted by Gasteiger charge is -2.07. The number of halogens is 1. The zero-order valence-electron chi connectivity index (χ0n) is 24.2. The minimum absolute atomic E-state index is 0.0277. The highest BCUT2D eigenvalue weighted by atomic mass is 19.1. The van der Waals surface area contributed by atoms with E-state index in [2.05, 4.69) is 35.6 Å². The Morgan fingerprint density at radius 1 is 0.923 bits per heavy atom. The van der Waals surface area contributed by atoms with Crippen molar-refractivity contribution >= 4 is 17.2 Å². The average molecular weight is 535 g/mol. The Balaban J connectivity index is 0.000000874. The third-order valence-electron chi connectivity index (χ3n) is 4.63. The number of hydrogen-bond acceptors (Lipinski definition) is 6. The Hall–Kier alpha value is -4.47. The van der Waals surface area contributed by atoms with Gasteiger partial charge in [0, 0.05) is 17.8 Å². The number of rotatable bonds is 4. The normalized spacial score (nSPS) is 9.38. The molecule has 0 aliphatic carbocycles. The summed E-state index contributed by atoms with van der Waals surface area (Å²) in [7, 11) is 0. The molecule has 9 nitrogen and oxygen atoms in total. The summed E-state index contributed by atoms with van der Waals surface area (Å²) in [5, 5.41) is 13.4. The number of nitrogens with zero attached hydrogens (tertiary/aromatic N) is 6. The number of H-pyrrole nitrogens is 1. The molecule has 0 saturated heterocycles. The number of benzene rings is 1. The van der Waals surface area contributed by atoms with Crippen LogP contribution < -0.4 is 5.32 Å². The van der Waals surface area contributed by atoms with E-state index in [0.717, 1.165) is 11.3 Å². The van der Waals surface area contributed by atoms with Crippen molar-refractivity contribution in [3.8, 4) is 22.6 Å². The molecule has 4 heterocycles. The van der Waals surface area contributed by atoms with Gasteiger partial charge in [0.2, 0.25) is 0 Å². The lowest BCUT2D eigenvalue weighted by Crippen LogP contribution is -2.15. The third-order valence-corrected chi connectivity index (χ3v) is 4.63. The van der Waals surface area contributed by atoms with E-state index in [9.17, 15) is 9.18 Å². The molecule has 0 aliphatic rings. The van der Waals surface area contributed by atoms with E-state index >= 15 is 0 Å². The molecule has 2 N–H and O–H groups in total. The van der Waals surface area contributed by atoms with Crippen molar-refractivity contribution in [1.82, 2.24) is 34.8 Å². The first-order valence-corrected chi connectivity index (χ1v) is 13.3. The van der Waals surface area contributed by atoms with E-state index in [1.54, 1.807) is 12.4 Å². The smallest absolute Gasteiger partial charge is 0.274 e. The summed E-state index contributed by atoms with van der Waals surface area (Å²) in [4.78, 5) is 25.7. The monoisotopic (exact) mass is 534 g/mol. The van der Waals surface area contributed by atoms with Crippen molar-refractivity contribution in [3.63, 3.8) is 0 Å². The van der Waals surface area contributed by atoms with Crippen molar-refractivity contribution in [2.75, 3.05) is 5.32 Å². The van der Waals surface area contributed by atoms with Crippen LogP contribution in [0.3, 0.4) is 0 Å². The number of hydrogen-bond donors (Lipinski definition) is 2. The van der Waals surface area contributed by atoms with Crippen molar-refractivity contribution in [1.29, 1.82) is 0 Å². The lowest BCUT2D eigenvalue weighted by atomic mass is 10.2. The van der Waals surface area contributed by atoms with Crippen molar-refractivity contribution in [2.45, 2.75) is 62.3 Å². The number of amides is 1. The zero-order valence-corrected chi connectivity index (χ0v) is 24.2. The largest absolute Gasteiger partial charge is 0.318 e. The predicted octanol–water partition coefficient (Wildman–Crippen LogP) is 7.38. The molecule has 0 saturated carbocycles. The highest BCUT2D eigenvalue weighted by molar-refractivity contribution is 6.07. The van der Waals surface area contributed by atoms with Gasteiger partial charge < -0.3 is 5.32 Å². The van der Waals surface area contributed by atoms with Gasteiger partial charge in [-0.05, 0) is 6.92 Å². The van der Waals surface area contributed by atoms with Crippen LogP contribution in [0.1, 0.15) is 71.6 Å². The molecule has 39 heavy (non-hydrogen) atoms. The van der Waals surface area contributed by atoms with Crippen molar-refractivity contribution < 1.29 is 9.18 Å². The molecule has 0 atom stereocenters. The Labute approximate surface area is 230 Å². The Kier molecular flexibility index (Phi) is 14.3. The molecule has 0 radical (unpaired) electrons. The van der Waals surface area contributed by atoms with Crippen LogP contribution >= 0.6 is 0 Å². The zero-order chi connectivity index (χ0) is 29.4. The minimum Gasteiger partial charge on any atom is -0.318 e. The number of aromatic nitrogens is 7. The summed E-state index contributed by atoms with van der Waals surface area (Å²) in [6, 6.07) is 10.8. The minimum atomic E-state index is -0.651. The third kappa shape index (κ3) is 8.26. The summed E-state index contributed by atoms with van der Waals surface area (Å²) in [5.74, 6) is -0.764. The summed E-state index contributed by atoms with van der Waals surface area (Å²) in [5.41, 5.74) is 3.00. The fraction of sp³-hybridized carbons (Fsp3) is 0.310. The van der Waals surface area contributed by atoms with E-state index in [0.29, 0.717) is 22.7 Å². The molecule has 10 heteroatoms. The maximum atomic E-state index is 14.6. The van der Waals surface area contributed by atoms with Crippen LogP contribution in [0.25, 0.3) is 28.3 Å². The Bertz CT molecular complexity index is 1400. The molecule has 0 aliphatic heterocycles. The second-order valence-corrected chi connectivity index (χ2v) is 6.80. The number of pyridine rings is 1. The topological polar surface area (TPSA) is 114 Å². The second kappa shape index (κ2) is 17.1. The number of carbonyl (C=O) groups excluding carboxylic acids is 1. The maximum absolute atomic E-state index is 14.6. The molecule has 1 amide bonds. The van der Waals surface area contributed by atoms with E-state index < -0.39 is 11.7 Å². The highest BCUT2D eigenvalue weighted by Gasteiger charge is 2.19. The van der Waals surface area contributed by atoms with E-state index in [4.69, 9.17) is 0 Å². The van der Waals surface area contributed by atoms with Crippen LogP contribution in [-0.4, -0.2) is 40.7 Å². The fourth-order valence-corrected chi connectivity index (χ4v) is 3.08. The van der Waals surface area contributed by atoms with Gasteiger partial charge in [0.25, 0.3) is 5.91 Å². The van der Waals surface area contributed by atoms with Gasteiger partial charge in [-0.25, -0.2) is 13.9 Å². The van der Waals surface area contributed by atoms with Gasteiger partial charge in [-0.3, -0.25) is 19.9 Å². The molecule has 5 aromatic rings. The second-order valence-electron chi connectivity index (χ2n) is 6.80. The summed E-state index contributed by atoms with van der Waals surface area (Å²) in [6.45, 7) is 17.8. The standard InChI is InChI=1S/C21H15FN8O.4C2H6/c1-12-8-24-17(10-23-12)14-9-25-28-19(14)21(31)26-16-7-18-27-20(13-5-3-2-4-6-13)29-30(18)11-15(16)22;4*1-2/h2-11H,1H3,(H,25,28)(H,26,31);4*1-2H3. The van der Waals surface area contributed by atoms with Crippen LogP contribution in [0.5, 0.6) is 0 Å². The van der Waals surface area contributed by atoms with Crippen LogP contribution in [0.2, 0.25) is 0 Å². The van der Waals surface area contributed by atoms with Gasteiger partial charge in [-0.15, -0.1) is 5.10 Å². The average Bonchev–Trinajstić information content (AvgIpc) is 3.66. The van der Waals surface area contributed by atoms with Crippen molar-refractivity contribution in [3.05, 3.63) is 78.4 Å². The van der Waals surface area contributed by atoms with Gasteiger partial charge >= 0.3 is 0 Å². The quantitative estimate of drug-likeness (QED) is 0.249. The number of fused-ring (bicyclic) bond motifs is 1. The number of aryl methyl sites for hydroxylation is 1. The summed E-state index contributed by atoms with van der Waals surface area (Å²) in [6.07, 6.45) is 5.78. The molecule has 0 fully saturated rings. The van der Waals surface area contributed by atoms with E-state index in [1.807, 2.05) is 92.6 Å². The van der Waals surface area contributed by atoms with Crippen molar-refractivity contribution in [2.24, 2.45) is 0 Å². The first-order valence-electron chi connectivity index (χ1n) is 13.3. The molecule has 0 unspecified atom stereocenters. The number of aromatic amines is 1. The van der Waals surface area contributed by atoms with Crippen LogP contribution in [0, 0.1) is 12.7 Å². The first-order chi connectivity index (χ1) is 19.1. The maximum Gasteiger partial charge on any atom is 0.274 e. The predicted molar refractivity (Wildman–Crippen MR) is 156 cm³/mol. The fourth-order valence-electron chi connectivity index (χ4n) is 3.08. The lowest BCUT2D eigenvalue weighted by molar-refractivity contribution is 0.102. The number of carbonyl (C=O) groups is 1. The van der Waals surface area contributed by atoms with E-state index in [1.165, 1.54) is 23.0 Å². The van der Waals surface area contributed by atoms with Crippen LogP contribution in [0.15, 0.2) is 61.2 Å². The summed E-state index contributed by atoms with van der Waals surface area (Å²) >= 11 is 0. The van der Waals surface area contributed by atoms with Gasteiger partial charge in [-0.1, -0.05) is 85.7 Å². The molecule has 208 valence electrons. The number of anilines is 1. The molecule has 5 rings (SSSR count). The first kappa shape index (κ1) is 32.6. The molecule has 0 bridgehead atoms. The molecule has 0 spiro atoms. The van der Waals surface area contributed by atoms with Gasteiger partial charge in [0.1, 0.15) is 5.69 Å². The van der Waals surface area contributed by atoms with Gasteiger partial charge in [0.15, 0.2) is 17.3 Å². The molecular weight excluding hydrogens is 495 g/mol. The Morgan fingerprint density at radius 2 is 1.59 bits per heavy atom. The molecule has 1 aromatic carbocycles. The SMILES string of the molecule is CC.CC.CC.CC.Cc1cnc(-c2cn[nH]c2C(=O)Nc2cc3nc(-c4ccccc4)nn3cc2F)cn1. The molecular formula is C29H39FN8O.